The molecule has 5 nitrogen and oxygen atoms in total. The number of rotatable bonds is 3. The fourth-order valence-electron chi connectivity index (χ4n) is 2.21. The number of nitrogens with one attached hydrogen (secondary N) is 1. The summed E-state index contributed by atoms with van der Waals surface area (Å²) in [5.74, 6) is 0.174. The zero-order chi connectivity index (χ0) is 18.6. The zero-order valence-corrected chi connectivity index (χ0v) is 16.4. The van der Waals surface area contributed by atoms with Gasteiger partial charge in [-0.05, 0) is 17.7 Å². The highest BCUT2D eigenvalue weighted by atomic mass is 35.6. The number of halogens is 3. The van der Waals surface area contributed by atoms with Crippen LogP contribution in [0.1, 0.15) is 11.4 Å². The second-order valence-corrected chi connectivity index (χ2v) is 8.23. The molecule has 2 amide bonds. The van der Waals surface area contributed by atoms with E-state index >= 15 is 0 Å². The molecule has 3 rings (SSSR count). The highest BCUT2D eigenvalue weighted by Gasteiger charge is 2.30. The number of carbonyl (C=O) groups excluding carboxylic acids is 1. The average molecular weight is 428 g/mol. The topological polar surface area (TPSA) is 59.3 Å². The fourth-order valence-corrected chi connectivity index (χ4v) is 3.53. The third kappa shape index (κ3) is 4.65. The minimum atomic E-state index is -1.75. The Hall–Kier alpha value is -1.86. The van der Waals surface area contributed by atoms with Crippen molar-refractivity contribution >= 4 is 52.4 Å². The van der Waals surface area contributed by atoms with Crippen LogP contribution in [0.15, 0.2) is 65.7 Å². The molecule has 0 spiro atoms. The monoisotopic (exact) mass is 426 g/mol. The molecule has 0 aliphatic rings. The Morgan fingerprint density at radius 1 is 1.08 bits per heavy atom. The molecule has 0 aliphatic carbocycles. The molecule has 0 radical (unpaired) electrons. The summed E-state index contributed by atoms with van der Waals surface area (Å²) in [6.07, 6.45) is 0. The van der Waals surface area contributed by atoms with Crippen LogP contribution < -0.4 is 10.1 Å². The average Bonchev–Trinajstić information content (AvgIpc) is 3.05. The maximum Gasteiger partial charge on any atom is 0.343 e. The van der Waals surface area contributed by atoms with Gasteiger partial charge in [-0.3, -0.25) is 4.57 Å². The number of nitrogens with zero attached hydrogens (tertiary/aromatic N) is 3. The Bertz CT molecular complexity index is 949. The number of aromatic nitrogens is 2. The number of para-hydroxylation sites is 1. The van der Waals surface area contributed by atoms with Crippen molar-refractivity contribution in [3.63, 3.8) is 0 Å². The standard InChI is InChI=1S/C17H13Cl3N4OS/c18-17(19,20)14-23-26-16(24(14)13-9-5-2-6-10-13)22-15(25)21-11-12-7-3-1-4-8-12/h1-10H,11H2,(H,21,25). The van der Waals surface area contributed by atoms with Crippen molar-refractivity contribution in [2.24, 2.45) is 4.99 Å². The molecule has 0 saturated heterocycles. The van der Waals surface area contributed by atoms with Gasteiger partial charge in [-0.2, -0.15) is 9.37 Å². The molecule has 0 bridgehead atoms. The number of hydrogen-bond acceptors (Lipinski definition) is 3. The Balaban J connectivity index is 1.93. The van der Waals surface area contributed by atoms with E-state index in [1.807, 2.05) is 60.7 Å². The fraction of sp³-hybridized carbons (Fsp3) is 0.118. The van der Waals surface area contributed by atoms with Crippen LogP contribution in [-0.4, -0.2) is 15.0 Å². The zero-order valence-electron chi connectivity index (χ0n) is 13.3. The Morgan fingerprint density at radius 2 is 1.69 bits per heavy atom. The van der Waals surface area contributed by atoms with Gasteiger partial charge in [-0.25, -0.2) is 4.79 Å². The molecule has 3 aromatic rings. The van der Waals surface area contributed by atoms with Crippen LogP contribution in [-0.2, 0) is 10.3 Å². The molecule has 1 heterocycles. The van der Waals surface area contributed by atoms with Crippen LogP contribution in [0, 0.1) is 0 Å². The first-order valence-corrected chi connectivity index (χ1v) is 9.44. The molecule has 9 heteroatoms. The minimum absolute atomic E-state index is 0.174. The van der Waals surface area contributed by atoms with Gasteiger partial charge in [0.15, 0.2) is 5.82 Å². The molecule has 1 aromatic heterocycles. The maximum absolute atomic E-state index is 12.2. The second-order valence-electron chi connectivity index (χ2n) is 5.21. The molecule has 1 N–H and O–H groups in total. The summed E-state index contributed by atoms with van der Waals surface area (Å²) in [6, 6.07) is 18.2. The number of urea groups is 1. The van der Waals surface area contributed by atoms with Gasteiger partial charge in [0.2, 0.25) is 8.59 Å². The predicted octanol–water partition coefficient (Wildman–Crippen LogP) is 4.57. The highest BCUT2D eigenvalue weighted by molar-refractivity contribution is 7.03. The van der Waals surface area contributed by atoms with Gasteiger partial charge in [0.1, 0.15) is 0 Å². The van der Waals surface area contributed by atoms with Gasteiger partial charge >= 0.3 is 6.03 Å². The van der Waals surface area contributed by atoms with E-state index in [1.165, 1.54) is 0 Å². The number of carbonyl (C=O) groups is 1. The lowest BCUT2D eigenvalue weighted by Crippen LogP contribution is -2.25. The van der Waals surface area contributed by atoms with Gasteiger partial charge in [0.25, 0.3) is 0 Å². The van der Waals surface area contributed by atoms with E-state index in [0.717, 1.165) is 17.1 Å². The number of alkyl halides is 3. The first kappa shape index (κ1) is 18.9. The van der Waals surface area contributed by atoms with Gasteiger partial charge in [-0.1, -0.05) is 83.3 Å². The Kier molecular flexibility index (Phi) is 5.98. The van der Waals surface area contributed by atoms with E-state index in [4.69, 9.17) is 34.8 Å². The molecular formula is C17H13Cl3N4OS. The lowest BCUT2D eigenvalue weighted by molar-refractivity contribution is 0.248. The van der Waals surface area contributed by atoms with Gasteiger partial charge < -0.3 is 5.32 Å². The summed E-state index contributed by atoms with van der Waals surface area (Å²) in [5.41, 5.74) is 1.66. The molecule has 2 aromatic carbocycles. The number of amides is 2. The molecular weight excluding hydrogens is 415 g/mol. The molecule has 134 valence electrons. The van der Waals surface area contributed by atoms with Crippen molar-refractivity contribution in [3.05, 3.63) is 76.9 Å². The van der Waals surface area contributed by atoms with Crippen LogP contribution >= 0.6 is 46.3 Å². The van der Waals surface area contributed by atoms with Crippen molar-refractivity contribution in [1.29, 1.82) is 0 Å². The van der Waals surface area contributed by atoms with Crippen molar-refractivity contribution in [1.82, 2.24) is 14.3 Å². The van der Waals surface area contributed by atoms with Crippen LogP contribution in [0.2, 0.25) is 0 Å². The Labute approximate surface area is 169 Å². The SMILES string of the molecule is O=C(N=c1snc(C(Cl)(Cl)Cl)n1-c1ccccc1)NCc1ccccc1. The van der Waals surface area contributed by atoms with Crippen molar-refractivity contribution in [2.45, 2.75) is 10.3 Å². The molecule has 0 saturated carbocycles. The van der Waals surface area contributed by atoms with Crippen molar-refractivity contribution in [3.8, 4) is 5.69 Å². The van der Waals surface area contributed by atoms with Crippen molar-refractivity contribution < 1.29 is 4.79 Å². The summed E-state index contributed by atoms with van der Waals surface area (Å²) >= 11 is 19.0. The van der Waals surface area contributed by atoms with Crippen LogP contribution in [0.5, 0.6) is 0 Å². The van der Waals surface area contributed by atoms with Gasteiger partial charge in [-0.15, -0.1) is 0 Å². The lowest BCUT2D eigenvalue weighted by atomic mass is 10.2. The molecule has 26 heavy (non-hydrogen) atoms. The van der Waals surface area contributed by atoms with Crippen LogP contribution in [0.4, 0.5) is 4.79 Å². The third-order valence-corrected chi connectivity index (χ3v) is 4.58. The summed E-state index contributed by atoms with van der Waals surface area (Å²) in [5, 5.41) is 2.74. The predicted molar refractivity (Wildman–Crippen MR) is 105 cm³/mol. The normalized spacial score (nSPS) is 12.2. The van der Waals surface area contributed by atoms with E-state index in [1.54, 1.807) is 4.57 Å². The summed E-state index contributed by atoms with van der Waals surface area (Å²) < 4.78 is 3.98. The highest BCUT2D eigenvalue weighted by Crippen LogP contribution is 2.37. The van der Waals surface area contributed by atoms with Gasteiger partial charge in [0, 0.05) is 23.8 Å². The Morgan fingerprint density at radius 3 is 2.31 bits per heavy atom. The molecule has 0 fully saturated rings. The van der Waals surface area contributed by atoms with Crippen LogP contribution in [0.3, 0.4) is 0 Å². The lowest BCUT2D eigenvalue weighted by Gasteiger charge is -2.12. The molecule has 0 atom stereocenters. The smallest absolute Gasteiger partial charge is 0.332 e. The van der Waals surface area contributed by atoms with E-state index in [9.17, 15) is 4.79 Å². The van der Waals surface area contributed by atoms with Crippen LogP contribution in [0.25, 0.3) is 5.69 Å². The first-order chi connectivity index (χ1) is 12.4. The number of benzene rings is 2. The molecule has 0 aliphatic heterocycles. The van der Waals surface area contributed by atoms with Crippen molar-refractivity contribution in [2.75, 3.05) is 0 Å². The minimum Gasteiger partial charge on any atom is -0.332 e. The quantitative estimate of drug-likeness (QED) is 0.622. The maximum atomic E-state index is 12.2. The van der Waals surface area contributed by atoms with E-state index in [0.29, 0.717) is 17.0 Å². The first-order valence-electron chi connectivity index (χ1n) is 7.53. The van der Waals surface area contributed by atoms with E-state index in [-0.39, 0.29) is 5.82 Å². The largest absolute Gasteiger partial charge is 0.343 e. The second kappa shape index (κ2) is 8.22. The number of hydrogen-bond donors (Lipinski definition) is 1. The molecule has 0 unspecified atom stereocenters. The summed E-state index contributed by atoms with van der Waals surface area (Å²) in [7, 11) is 0. The van der Waals surface area contributed by atoms with Gasteiger partial charge in [0.05, 0.1) is 0 Å². The third-order valence-electron chi connectivity index (χ3n) is 3.37. The summed E-state index contributed by atoms with van der Waals surface area (Å²) in [4.78, 5) is 16.6. The van der Waals surface area contributed by atoms with E-state index in [2.05, 4.69) is 14.7 Å². The summed E-state index contributed by atoms with van der Waals surface area (Å²) in [6.45, 7) is 0.366. The van der Waals surface area contributed by atoms with E-state index < -0.39 is 9.82 Å².